The van der Waals surface area contributed by atoms with Crippen LogP contribution in [0.3, 0.4) is 0 Å². The molecule has 0 saturated heterocycles. The van der Waals surface area contributed by atoms with Crippen molar-refractivity contribution in [1.82, 2.24) is 14.8 Å². The molecular weight excluding hydrogens is 280 g/mol. The van der Waals surface area contributed by atoms with Gasteiger partial charge in [-0.25, -0.2) is 4.98 Å². The first-order valence-corrected chi connectivity index (χ1v) is 7.32. The van der Waals surface area contributed by atoms with Gasteiger partial charge in [-0.05, 0) is 31.0 Å². The second-order valence-corrected chi connectivity index (χ2v) is 6.23. The minimum Gasteiger partial charge on any atom is -0.383 e. The Bertz CT molecular complexity index is 772. The van der Waals surface area contributed by atoms with Crippen molar-refractivity contribution in [3.05, 3.63) is 35.0 Å². The van der Waals surface area contributed by atoms with Crippen LogP contribution < -0.4 is 5.73 Å². The molecule has 0 aliphatic heterocycles. The van der Waals surface area contributed by atoms with Crippen LogP contribution >= 0.6 is 22.9 Å². The number of rotatable bonds is 2. The maximum absolute atomic E-state index is 6.03. The Hall–Kier alpha value is -1.59. The molecule has 2 N–H and O–H groups in total. The predicted octanol–water partition coefficient (Wildman–Crippen LogP) is 3.60. The summed E-state index contributed by atoms with van der Waals surface area (Å²) in [6.07, 6.45) is 2.43. The average molecular weight is 291 g/mol. The number of nitrogens with two attached hydrogens (primary N) is 1. The van der Waals surface area contributed by atoms with Crippen LogP contribution in [0.15, 0.2) is 24.3 Å². The molecular formula is C13H11ClN4S. The third kappa shape index (κ3) is 1.89. The Morgan fingerprint density at radius 2 is 2.16 bits per heavy atom. The van der Waals surface area contributed by atoms with Crippen molar-refractivity contribution in [2.45, 2.75) is 18.8 Å². The molecule has 4 nitrogen and oxygen atoms in total. The third-order valence-corrected chi connectivity index (χ3v) is 4.52. The van der Waals surface area contributed by atoms with E-state index in [0.29, 0.717) is 16.8 Å². The van der Waals surface area contributed by atoms with Gasteiger partial charge in [0, 0.05) is 17.0 Å². The van der Waals surface area contributed by atoms with E-state index >= 15 is 0 Å². The van der Waals surface area contributed by atoms with Crippen molar-refractivity contribution in [3.8, 4) is 5.13 Å². The van der Waals surface area contributed by atoms with Crippen molar-refractivity contribution < 1.29 is 0 Å². The highest BCUT2D eigenvalue weighted by atomic mass is 35.5. The van der Waals surface area contributed by atoms with Gasteiger partial charge in [0.15, 0.2) is 0 Å². The van der Waals surface area contributed by atoms with Gasteiger partial charge in [0.05, 0.1) is 15.9 Å². The van der Waals surface area contributed by atoms with Gasteiger partial charge >= 0.3 is 0 Å². The Morgan fingerprint density at radius 1 is 1.32 bits per heavy atom. The Kier molecular flexibility index (Phi) is 2.34. The summed E-state index contributed by atoms with van der Waals surface area (Å²) in [6, 6.07) is 7.66. The molecule has 1 aromatic carbocycles. The van der Waals surface area contributed by atoms with E-state index in [4.69, 9.17) is 17.3 Å². The van der Waals surface area contributed by atoms with E-state index in [-0.39, 0.29) is 0 Å². The number of nitrogen functional groups attached to an aromatic ring is 1. The minimum absolute atomic E-state index is 0.590. The van der Waals surface area contributed by atoms with Crippen LogP contribution in [0.25, 0.3) is 15.3 Å². The fourth-order valence-corrected chi connectivity index (χ4v) is 3.21. The van der Waals surface area contributed by atoms with Crippen LogP contribution in [-0.4, -0.2) is 14.8 Å². The normalized spacial score (nSPS) is 15.2. The van der Waals surface area contributed by atoms with Crippen LogP contribution in [0.2, 0.25) is 5.02 Å². The summed E-state index contributed by atoms with van der Waals surface area (Å²) < 4.78 is 2.81. The lowest BCUT2D eigenvalue weighted by Gasteiger charge is -1.96. The van der Waals surface area contributed by atoms with E-state index < -0.39 is 0 Å². The number of hydrogen-bond acceptors (Lipinski definition) is 4. The standard InChI is InChI=1S/C13H11ClN4S/c14-8-3-4-11-10(5-8)16-13(19-11)18-12(15)6-9(17-18)7-1-2-7/h3-7H,1-2,15H2. The molecule has 0 radical (unpaired) electrons. The summed E-state index contributed by atoms with van der Waals surface area (Å²) in [6.45, 7) is 0. The predicted molar refractivity (Wildman–Crippen MR) is 78.1 cm³/mol. The van der Waals surface area contributed by atoms with Gasteiger partial charge in [0.1, 0.15) is 5.82 Å². The lowest BCUT2D eigenvalue weighted by molar-refractivity contribution is 0.839. The first kappa shape index (κ1) is 11.3. The summed E-state index contributed by atoms with van der Waals surface area (Å²) in [5.41, 5.74) is 7.99. The summed E-state index contributed by atoms with van der Waals surface area (Å²) in [4.78, 5) is 4.55. The molecule has 6 heteroatoms. The monoisotopic (exact) mass is 290 g/mol. The van der Waals surface area contributed by atoms with Crippen LogP contribution in [-0.2, 0) is 0 Å². The zero-order valence-electron chi connectivity index (χ0n) is 10.0. The van der Waals surface area contributed by atoms with Gasteiger partial charge < -0.3 is 5.73 Å². The second-order valence-electron chi connectivity index (χ2n) is 4.79. The van der Waals surface area contributed by atoms with Crippen molar-refractivity contribution in [2.24, 2.45) is 0 Å². The maximum Gasteiger partial charge on any atom is 0.213 e. The molecule has 1 aliphatic rings. The quantitative estimate of drug-likeness (QED) is 0.784. The van der Waals surface area contributed by atoms with Gasteiger partial charge in [0.25, 0.3) is 0 Å². The van der Waals surface area contributed by atoms with E-state index in [1.165, 1.54) is 12.8 Å². The van der Waals surface area contributed by atoms with Crippen molar-refractivity contribution in [2.75, 3.05) is 5.73 Å². The number of nitrogens with zero attached hydrogens (tertiary/aromatic N) is 3. The third-order valence-electron chi connectivity index (χ3n) is 3.27. The van der Waals surface area contributed by atoms with Crippen LogP contribution in [0, 0.1) is 0 Å². The van der Waals surface area contributed by atoms with Crippen molar-refractivity contribution >= 4 is 39.0 Å². The molecule has 4 rings (SSSR count). The van der Waals surface area contributed by atoms with Crippen LogP contribution in [0.1, 0.15) is 24.5 Å². The fraction of sp³-hybridized carbons (Fsp3) is 0.231. The number of anilines is 1. The summed E-state index contributed by atoms with van der Waals surface area (Å²) in [5, 5.41) is 6.05. The summed E-state index contributed by atoms with van der Waals surface area (Å²) in [7, 11) is 0. The highest BCUT2D eigenvalue weighted by Crippen LogP contribution is 2.40. The largest absolute Gasteiger partial charge is 0.383 e. The molecule has 0 unspecified atom stereocenters. The molecule has 96 valence electrons. The average Bonchev–Trinajstić information content (AvgIpc) is 3.03. The Balaban J connectivity index is 1.84. The molecule has 19 heavy (non-hydrogen) atoms. The van der Waals surface area contributed by atoms with Gasteiger partial charge in [-0.1, -0.05) is 22.9 Å². The second kappa shape index (κ2) is 3.95. The van der Waals surface area contributed by atoms with Crippen molar-refractivity contribution in [3.63, 3.8) is 0 Å². The molecule has 0 bridgehead atoms. The molecule has 1 fully saturated rings. The number of hydrogen-bond donors (Lipinski definition) is 1. The number of aromatic nitrogens is 3. The number of benzene rings is 1. The highest BCUT2D eigenvalue weighted by molar-refractivity contribution is 7.20. The molecule has 1 aliphatic carbocycles. The van der Waals surface area contributed by atoms with E-state index in [1.54, 1.807) is 16.0 Å². The topological polar surface area (TPSA) is 56.7 Å². The fourth-order valence-electron chi connectivity index (χ4n) is 2.13. The summed E-state index contributed by atoms with van der Waals surface area (Å²) >= 11 is 7.55. The lowest BCUT2D eigenvalue weighted by Crippen LogP contribution is -2.01. The van der Waals surface area contributed by atoms with E-state index in [1.807, 2.05) is 24.3 Å². The van der Waals surface area contributed by atoms with E-state index in [9.17, 15) is 0 Å². The molecule has 3 aromatic rings. The number of halogens is 1. The SMILES string of the molecule is Nc1cc(C2CC2)nn1-c1nc2cc(Cl)ccc2s1. The maximum atomic E-state index is 6.03. The Labute approximate surface area is 118 Å². The zero-order valence-corrected chi connectivity index (χ0v) is 11.6. The van der Waals surface area contributed by atoms with Crippen LogP contribution in [0.4, 0.5) is 5.82 Å². The molecule has 2 heterocycles. The first-order valence-electron chi connectivity index (χ1n) is 6.12. The molecule has 0 atom stereocenters. The van der Waals surface area contributed by atoms with Gasteiger partial charge in [-0.15, -0.1) is 0 Å². The summed E-state index contributed by atoms with van der Waals surface area (Å²) in [5.74, 6) is 1.24. The van der Waals surface area contributed by atoms with Crippen molar-refractivity contribution in [1.29, 1.82) is 0 Å². The van der Waals surface area contributed by atoms with Gasteiger partial charge in [-0.2, -0.15) is 9.78 Å². The van der Waals surface area contributed by atoms with Gasteiger partial charge in [0.2, 0.25) is 5.13 Å². The smallest absolute Gasteiger partial charge is 0.213 e. The lowest BCUT2D eigenvalue weighted by atomic mass is 10.3. The molecule has 0 spiro atoms. The Morgan fingerprint density at radius 3 is 2.95 bits per heavy atom. The number of fused-ring (bicyclic) bond motifs is 1. The number of thiazole rings is 1. The van der Waals surface area contributed by atoms with Gasteiger partial charge in [-0.3, -0.25) is 0 Å². The first-order chi connectivity index (χ1) is 9.20. The molecule has 2 aromatic heterocycles. The molecule has 1 saturated carbocycles. The van der Waals surface area contributed by atoms with E-state index in [0.717, 1.165) is 21.0 Å². The highest BCUT2D eigenvalue weighted by Gasteiger charge is 2.27. The molecule has 0 amide bonds. The zero-order chi connectivity index (χ0) is 13.0. The van der Waals surface area contributed by atoms with E-state index in [2.05, 4.69) is 10.1 Å². The van der Waals surface area contributed by atoms with Crippen LogP contribution in [0.5, 0.6) is 0 Å². The minimum atomic E-state index is 0.590.